The molecular weight excluding hydrogens is 276 g/mol. The highest BCUT2D eigenvalue weighted by molar-refractivity contribution is 5.82. The maximum atomic E-state index is 11.3. The molecular formula is C15H14O6. The fourth-order valence-electron chi connectivity index (χ4n) is 1.76. The average Bonchev–Trinajstić information content (AvgIpc) is 2.42. The van der Waals surface area contributed by atoms with Gasteiger partial charge < -0.3 is 13.9 Å². The van der Waals surface area contributed by atoms with Crippen molar-refractivity contribution in [3.05, 3.63) is 40.2 Å². The van der Waals surface area contributed by atoms with E-state index in [1.807, 2.05) is 0 Å². The maximum absolute atomic E-state index is 11.3. The van der Waals surface area contributed by atoms with Gasteiger partial charge in [-0.15, -0.1) is 0 Å². The van der Waals surface area contributed by atoms with Crippen LogP contribution in [0.3, 0.4) is 0 Å². The molecule has 2 rings (SSSR count). The maximum Gasteiger partial charge on any atom is 0.344 e. The number of hydrogen-bond acceptors (Lipinski definition) is 6. The lowest BCUT2D eigenvalue weighted by Crippen LogP contribution is -2.18. The Hall–Kier alpha value is -2.63. The van der Waals surface area contributed by atoms with Gasteiger partial charge in [0, 0.05) is 17.5 Å². The van der Waals surface area contributed by atoms with E-state index in [1.54, 1.807) is 19.1 Å². The van der Waals surface area contributed by atoms with Crippen molar-refractivity contribution in [2.75, 3.05) is 13.2 Å². The van der Waals surface area contributed by atoms with Gasteiger partial charge in [0.25, 0.3) is 0 Å². The molecule has 1 aromatic carbocycles. The Kier molecular flexibility index (Phi) is 4.37. The Morgan fingerprint density at radius 2 is 1.95 bits per heavy atom. The fourth-order valence-corrected chi connectivity index (χ4v) is 1.76. The standard InChI is InChI=1S/C15H14O6/c1-9-5-14(17)21-13-6-11(3-4-12(9)13)19-8-15(18)20-7-10(2)16/h3-6H,7-8H2,1-2H3. The summed E-state index contributed by atoms with van der Waals surface area (Å²) >= 11 is 0. The van der Waals surface area contributed by atoms with Crippen LogP contribution in [0.4, 0.5) is 0 Å². The Balaban J connectivity index is 2.08. The van der Waals surface area contributed by atoms with Gasteiger partial charge >= 0.3 is 11.6 Å². The van der Waals surface area contributed by atoms with Gasteiger partial charge in [0.2, 0.25) is 0 Å². The van der Waals surface area contributed by atoms with E-state index in [2.05, 4.69) is 4.74 Å². The number of carbonyl (C=O) groups excluding carboxylic acids is 2. The summed E-state index contributed by atoms with van der Waals surface area (Å²) in [7, 11) is 0. The predicted molar refractivity (Wildman–Crippen MR) is 74.4 cm³/mol. The molecule has 0 amide bonds. The molecule has 1 aromatic heterocycles. The largest absolute Gasteiger partial charge is 0.482 e. The van der Waals surface area contributed by atoms with Gasteiger partial charge in [-0.1, -0.05) is 0 Å². The molecule has 1 heterocycles. The van der Waals surface area contributed by atoms with Crippen LogP contribution in [-0.2, 0) is 14.3 Å². The van der Waals surface area contributed by atoms with Gasteiger partial charge in [0.05, 0.1) is 0 Å². The first kappa shape index (κ1) is 14.8. The number of benzene rings is 1. The molecule has 0 fully saturated rings. The van der Waals surface area contributed by atoms with Crippen LogP contribution in [0.25, 0.3) is 11.0 Å². The van der Waals surface area contributed by atoms with Crippen molar-refractivity contribution in [1.82, 2.24) is 0 Å². The molecule has 0 saturated heterocycles. The van der Waals surface area contributed by atoms with Crippen molar-refractivity contribution in [3.63, 3.8) is 0 Å². The molecule has 6 nitrogen and oxygen atoms in total. The molecule has 21 heavy (non-hydrogen) atoms. The quantitative estimate of drug-likeness (QED) is 0.614. The summed E-state index contributed by atoms with van der Waals surface area (Å²) in [6, 6.07) is 6.33. The van der Waals surface area contributed by atoms with Gasteiger partial charge in [-0.05, 0) is 31.5 Å². The van der Waals surface area contributed by atoms with E-state index in [-0.39, 0.29) is 19.0 Å². The third kappa shape index (κ3) is 3.92. The average molecular weight is 290 g/mol. The Labute approximate surface area is 120 Å². The molecule has 0 bridgehead atoms. The SMILES string of the molecule is CC(=O)COC(=O)COc1ccc2c(C)cc(=O)oc2c1. The molecule has 0 aliphatic carbocycles. The number of fused-ring (bicyclic) bond motifs is 1. The number of ether oxygens (including phenoxy) is 2. The summed E-state index contributed by atoms with van der Waals surface area (Å²) < 4.78 is 15.0. The Bertz CT molecular complexity index is 743. The van der Waals surface area contributed by atoms with E-state index in [0.717, 1.165) is 10.9 Å². The highest BCUT2D eigenvalue weighted by atomic mass is 16.6. The first-order valence-corrected chi connectivity index (χ1v) is 6.28. The van der Waals surface area contributed by atoms with Crippen LogP contribution in [0.1, 0.15) is 12.5 Å². The van der Waals surface area contributed by atoms with Crippen molar-refractivity contribution in [3.8, 4) is 5.75 Å². The van der Waals surface area contributed by atoms with Crippen molar-refractivity contribution >= 4 is 22.7 Å². The first-order valence-electron chi connectivity index (χ1n) is 6.28. The van der Waals surface area contributed by atoms with Crippen molar-refractivity contribution in [2.45, 2.75) is 13.8 Å². The number of rotatable bonds is 5. The van der Waals surface area contributed by atoms with Crippen molar-refractivity contribution < 1.29 is 23.5 Å². The highest BCUT2D eigenvalue weighted by Crippen LogP contribution is 2.22. The van der Waals surface area contributed by atoms with Crippen LogP contribution >= 0.6 is 0 Å². The second-order valence-corrected chi connectivity index (χ2v) is 4.56. The predicted octanol–water partition coefficient (Wildman–Crippen LogP) is 1.61. The van der Waals surface area contributed by atoms with Gasteiger partial charge in [-0.25, -0.2) is 9.59 Å². The van der Waals surface area contributed by atoms with Crippen LogP contribution in [0, 0.1) is 6.92 Å². The molecule has 0 aliphatic heterocycles. The lowest BCUT2D eigenvalue weighted by atomic mass is 10.1. The van der Waals surface area contributed by atoms with E-state index in [1.165, 1.54) is 19.1 Å². The first-order chi connectivity index (χ1) is 9.95. The van der Waals surface area contributed by atoms with Crippen LogP contribution in [0.5, 0.6) is 5.75 Å². The second kappa shape index (κ2) is 6.21. The summed E-state index contributed by atoms with van der Waals surface area (Å²) in [6.07, 6.45) is 0. The van der Waals surface area contributed by atoms with E-state index < -0.39 is 11.6 Å². The van der Waals surface area contributed by atoms with Crippen LogP contribution in [-0.4, -0.2) is 25.0 Å². The van der Waals surface area contributed by atoms with Crippen LogP contribution in [0.15, 0.2) is 33.5 Å². The van der Waals surface area contributed by atoms with E-state index >= 15 is 0 Å². The minimum absolute atomic E-state index is 0.244. The van der Waals surface area contributed by atoms with Crippen molar-refractivity contribution in [2.24, 2.45) is 0 Å². The van der Waals surface area contributed by atoms with Gasteiger partial charge in [0.1, 0.15) is 17.9 Å². The summed E-state index contributed by atoms with van der Waals surface area (Å²) in [4.78, 5) is 33.3. The number of ketones is 1. The highest BCUT2D eigenvalue weighted by Gasteiger charge is 2.08. The monoisotopic (exact) mass is 290 g/mol. The third-order valence-electron chi connectivity index (χ3n) is 2.72. The summed E-state index contributed by atoms with van der Waals surface area (Å²) in [5.74, 6) is -0.515. The number of esters is 1. The number of aryl methyl sites for hydroxylation is 1. The molecule has 2 aromatic rings. The number of Topliss-reactive ketones (excluding diaryl/α,β-unsaturated/α-hetero) is 1. The Morgan fingerprint density at radius 3 is 2.67 bits per heavy atom. The second-order valence-electron chi connectivity index (χ2n) is 4.56. The zero-order valence-electron chi connectivity index (χ0n) is 11.7. The van der Waals surface area contributed by atoms with Gasteiger partial charge in [-0.3, -0.25) is 4.79 Å². The summed E-state index contributed by atoms with van der Waals surface area (Å²) in [6.45, 7) is 2.53. The lowest BCUT2D eigenvalue weighted by Gasteiger charge is -2.07. The summed E-state index contributed by atoms with van der Waals surface area (Å²) in [5, 5.41) is 0.793. The topological polar surface area (TPSA) is 82.8 Å². The minimum atomic E-state index is -0.643. The molecule has 0 atom stereocenters. The van der Waals surface area contributed by atoms with E-state index in [4.69, 9.17) is 9.15 Å². The molecule has 6 heteroatoms. The number of carbonyl (C=O) groups is 2. The lowest BCUT2D eigenvalue weighted by molar-refractivity contribution is -0.149. The molecule has 0 aliphatic rings. The third-order valence-corrected chi connectivity index (χ3v) is 2.72. The molecule has 0 radical (unpaired) electrons. The van der Waals surface area contributed by atoms with Crippen molar-refractivity contribution in [1.29, 1.82) is 0 Å². The smallest absolute Gasteiger partial charge is 0.344 e. The molecule has 110 valence electrons. The summed E-state index contributed by atoms with van der Waals surface area (Å²) in [5.41, 5.74) is 0.737. The zero-order chi connectivity index (χ0) is 15.4. The van der Waals surface area contributed by atoms with E-state index in [9.17, 15) is 14.4 Å². The number of hydrogen-bond donors (Lipinski definition) is 0. The molecule has 0 N–H and O–H groups in total. The molecule has 0 saturated carbocycles. The molecule has 0 spiro atoms. The zero-order valence-corrected chi connectivity index (χ0v) is 11.7. The van der Waals surface area contributed by atoms with Gasteiger partial charge in [-0.2, -0.15) is 0 Å². The van der Waals surface area contributed by atoms with E-state index in [0.29, 0.717) is 11.3 Å². The molecule has 0 unspecified atom stereocenters. The fraction of sp³-hybridized carbons (Fsp3) is 0.267. The van der Waals surface area contributed by atoms with Gasteiger partial charge in [0.15, 0.2) is 12.4 Å². The minimum Gasteiger partial charge on any atom is -0.482 e. The van der Waals surface area contributed by atoms with Crippen LogP contribution in [0.2, 0.25) is 0 Å². The Morgan fingerprint density at radius 1 is 1.19 bits per heavy atom. The normalized spacial score (nSPS) is 10.4. The van der Waals surface area contributed by atoms with Crippen LogP contribution < -0.4 is 10.4 Å².